The Labute approximate surface area is 174 Å². The Balaban J connectivity index is 1.87. The Bertz CT molecular complexity index is 941. The smallest absolute Gasteiger partial charge is 0.262 e. The molecule has 2 aromatic rings. The van der Waals surface area contributed by atoms with E-state index in [1.165, 1.54) is 7.11 Å². The topological polar surface area (TPSA) is 71.5 Å². The summed E-state index contributed by atoms with van der Waals surface area (Å²) in [5, 5.41) is 0. The number of benzene rings is 1. The molecule has 7 heteroatoms. The summed E-state index contributed by atoms with van der Waals surface area (Å²) in [6.45, 7) is 9.32. The van der Waals surface area contributed by atoms with Gasteiger partial charge in [0.15, 0.2) is 0 Å². The van der Waals surface area contributed by atoms with Crippen molar-refractivity contribution in [2.24, 2.45) is 0 Å². The van der Waals surface area contributed by atoms with Crippen LogP contribution < -0.4 is 9.46 Å². The molecule has 0 saturated carbocycles. The number of ether oxygens (including phenoxy) is 1. The average Bonchev–Trinajstić information content (AvgIpc) is 2.89. The first-order valence-electron chi connectivity index (χ1n) is 10.3. The number of nitrogens with zero attached hydrogens (tertiary/aromatic N) is 2. The van der Waals surface area contributed by atoms with Crippen molar-refractivity contribution in [3.8, 4) is 5.88 Å². The van der Waals surface area contributed by atoms with E-state index in [4.69, 9.17) is 4.74 Å². The number of sulfonamides is 1. The zero-order chi connectivity index (χ0) is 21.0. The van der Waals surface area contributed by atoms with Crippen LogP contribution in [-0.4, -0.2) is 45.0 Å². The molecule has 0 spiro atoms. The molecule has 1 aliphatic rings. The zero-order valence-corrected chi connectivity index (χ0v) is 18.6. The Morgan fingerprint density at radius 1 is 1.17 bits per heavy atom. The number of nitrogens with one attached hydrogen (secondary N) is 1. The van der Waals surface area contributed by atoms with Crippen LogP contribution in [0, 0.1) is 0 Å². The van der Waals surface area contributed by atoms with Crippen molar-refractivity contribution in [1.29, 1.82) is 0 Å². The lowest BCUT2D eigenvalue weighted by Gasteiger charge is -2.17. The molecule has 1 aliphatic heterocycles. The van der Waals surface area contributed by atoms with Gasteiger partial charge in [0.1, 0.15) is 5.69 Å². The number of hydrogen-bond donors (Lipinski definition) is 1. The first-order valence-corrected chi connectivity index (χ1v) is 11.7. The largest absolute Gasteiger partial charge is 0.479 e. The fourth-order valence-electron chi connectivity index (χ4n) is 3.67. The van der Waals surface area contributed by atoms with Crippen molar-refractivity contribution < 1.29 is 13.2 Å². The Kier molecular flexibility index (Phi) is 6.80. The molecule has 0 atom stereocenters. The summed E-state index contributed by atoms with van der Waals surface area (Å²) in [7, 11) is -2.21. The fourth-order valence-corrected chi connectivity index (χ4v) is 4.71. The van der Waals surface area contributed by atoms with Gasteiger partial charge in [-0.25, -0.2) is 13.4 Å². The van der Waals surface area contributed by atoms with Crippen LogP contribution in [-0.2, 0) is 22.9 Å². The molecule has 0 aliphatic carbocycles. The summed E-state index contributed by atoms with van der Waals surface area (Å²) in [6.07, 6.45) is 2.81. The summed E-state index contributed by atoms with van der Waals surface area (Å²) < 4.78 is 33.9. The van der Waals surface area contributed by atoms with Gasteiger partial charge in [-0.3, -0.25) is 4.72 Å². The van der Waals surface area contributed by atoms with Crippen LogP contribution in [0.1, 0.15) is 49.9 Å². The van der Waals surface area contributed by atoms with Crippen molar-refractivity contribution in [3.63, 3.8) is 0 Å². The molecule has 29 heavy (non-hydrogen) atoms. The first-order chi connectivity index (χ1) is 13.8. The molecular formula is C22H31N3O3S. The van der Waals surface area contributed by atoms with Crippen LogP contribution in [0.4, 0.5) is 5.69 Å². The average molecular weight is 418 g/mol. The Hall–Kier alpha value is -2.12. The quantitative estimate of drug-likeness (QED) is 0.741. The molecule has 1 aromatic heterocycles. The van der Waals surface area contributed by atoms with E-state index in [-0.39, 0.29) is 4.90 Å². The van der Waals surface area contributed by atoms with E-state index in [0.29, 0.717) is 17.5 Å². The molecule has 2 heterocycles. The minimum atomic E-state index is -3.72. The van der Waals surface area contributed by atoms with Gasteiger partial charge < -0.3 is 9.64 Å². The summed E-state index contributed by atoms with van der Waals surface area (Å²) in [5.74, 6) is 0.663. The maximum Gasteiger partial charge on any atom is 0.262 e. The van der Waals surface area contributed by atoms with Crippen LogP contribution >= 0.6 is 0 Å². The third-order valence-electron chi connectivity index (χ3n) is 5.35. The van der Waals surface area contributed by atoms with E-state index in [2.05, 4.69) is 35.4 Å². The van der Waals surface area contributed by atoms with Gasteiger partial charge in [-0.2, -0.15) is 0 Å². The predicted molar refractivity (Wildman–Crippen MR) is 116 cm³/mol. The van der Waals surface area contributed by atoms with Gasteiger partial charge in [0, 0.05) is 25.2 Å². The number of fused-ring (bicyclic) bond motifs is 1. The molecular weight excluding hydrogens is 386 g/mol. The number of methoxy groups -OCH3 is 1. The summed E-state index contributed by atoms with van der Waals surface area (Å²) in [5.41, 5.74) is 3.56. The number of rotatable bonds is 7. The van der Waals surface area contributed by atoms with E-state index < -0.39 is 10.0 Å². The SMILES string of the molecule is CCCN1CCc2cc(NS(=O)(=O)c3ccc(C(C)C)cc3)c(OC)nc2CC1. The molecule has 0 bridgehead atoms. The van der Waals surface area contributed by atoms with E-state index in [0.717, 1.165) is 55.7 Å². The third-order valence-corrected chi connectivity index (χ3v) is 6.73. The summed E-state index contributed by atoms with van der Waals surface area (Å²) in [4.78, 5) is 7.28. The van der Waals surface area contributed by atoms with Crippen molar-refractivity contribution in [2.45, 2.75) is 50.8 Å². The number of aromatic nitrogens is 1. The second kappa shape index (κ2) is 9.13. The van der Waals surface area contributed by atoms with Gasteiger partial charge in [-0.15, -0.1) is 0 Å². The van der Waals surface area contributed by atoms with Gasteiger partial charge in [0.2, 0.25) is 5.88 Å². The third kappa shape index (κ3) is 5.08. The van der Waals surface area contributed by atoms with Crippen LogP contribution in [0.3, 0.4) is 0 Å². The van der Waals surface area contributed by atoms with Crippen molar-refractivity contribution >= 4 is 15.7 Å². The van der Waals surface area contributed by atoms with Crippen molar-refractivity contribution in [3.05, 3.63) is 47.2 Å². The standard InChI is InChI=1S/C22H31N3O3S/c1-5-12-25-13-10-18-15-21(22(28-4)23-20(18)11-14-25)24-29(26,27)19-8-6-17(7-9-19)16(2)3/h6-9,15-16,24H,5,10-14H2,1-4H3. The molecule has 3 rings (SSSR count). The van der Waals surface area contributed by atoms with Gasteiger partial charge in [0.05, 0.1) is 12.0 Å². The normalized spacial score (nSPS) is 15.1. The highest BCUT2D eigenvalue weighted by atomic mass is 32.2. The van der Waals surface area contributed by atoms with Crippen LogP contribution in [0.2, 0.25) is 0 Å². The van der Waals surface area contributed by atoms with Crippen LogP contribution in [0.25, 0.3) is 0 Å². The number of hydrogen-bond acceptors (Lipinski definition) is 5. The second-order valence-corrected chi connectivity index (χ2v) is 9.50. The monoisotopic (exact) mass is 417 g/mol. The molecule has 0 saturated heterocycles. The lowest BCUT2D eigenvalue weighted by Crippen LogP contribution is -2.27. The second-order valence-electron chi connectivity index (χ2n) is 7.82. The molecule has 1 aromatic carbocycles. The fraction of sp³-hybridized carbons (Fsp3) is 0.500. The first kappa shape index (κ1) is 21.6. The van der Waals surface area contributed by atoms with E-state index in [1.807, 2.05) is 18.2 Å². The van der Waals surface area contributed by atoms with Crippen LogP contribution in [0.15, 0.2) is 35.2 Å². The Morgan fingerprint density at radius 2 is 1.86 bits per heavy atom. The highest BCUT2D eigenvalue weighted by molar-refractivity contribution is 7.92. The molecule has 0 amide bonds. The van der Waals surface area contributed by atoms with E-state index in [9.17, 15) is 8.42 Å². The molecule has 1 N–H and O–H groups in total. The Morgan fingerprint density at radius 3 is 2.48 bits per heavy atom. The maximum atomic E-state index is 12.9. The molecule has 0 unspecified atom stereocenters. The highest BCUT2D eigenvalue weighted by Crippen LogP contribution is 2.29. The van der Waals surface area contributed by atoms with E-state index in [1.54, 1.807) is 12.1 Å². The van der Waals surface area contributed by atoms with Gasteiger partial charge >= 0.3 is 0 Å². The summed E-state index contributed by atoms with van der Waals surface area (Å²) >= 11 is 0. The molecule has 0 radical (unpaired) electrons. The van der Waals surface area contributed by atoms with Crippen molar-refractivity contribution in [2.75, 3.05) is 31.5 Å². The minimum Gasteiger partial charge on any atom is -0.479 e. The van der Waals surface area contributed by atoms with Crippen LogP contribution in [0.5, 0.6) is 5.88 Å². The lowest BCUT2D eigenvalue weighted by molar-refractivity contribution is 0.287. The van der Waals surface area contributed by atoms with Gasteiger partial charge in [0.25, 0.3) is 10.0 Å². The highest BCUT2D eigenvalue weighted by Gasteiger charge is 2.22. The molecule has 6 nitrogen and oxygen atoms in total. The maximum absolute atomic E-state index is 12.9. The van der Waals surface area contributed by atoms with E-state index >= 15 is 0 Å². The predicted octanol–water partition coefficient (Wildman–Crippen LogP) is 3.83. The zero-order valence-electron chi connectivity index (χ0n) is 17.7. The van der Waals surface area contributed by atoms with Gasteiger partial charge in [-0.1, -0.05) is 32.9 Å². The minimum absolute atomic E-state index is 0.230. The number of anilines is 1. The summed E-state index contributed by atoms with van der Waals surface area (Å²) in [6, 6.07) is 8.88. The van der Waals surface area contributed by atoms with Crippen molar-refractivity contribution in [1.82, 2.24) is 9.88 Å². The lowest BCUT2D eigenvalue weighted by atomic mass is 10.0. The molecule has 0 fully saturated rings. The number of pyridine rings is 1. The van der Waals surface area contributed by atoms with Gasteiger partial charge in [-0.05, 0) is 54.6 Å². The molecule has 158 valence electrons.